The molecule has 240 valence electrons. The maximum absolute atomic E-state index is 13.5. The molecule has 4 heterocycles. The van der Waals surface area contributed by atoms with E-state index < -0.39 is 74.4 Å². The Morgan fingerprint density at radius 1 is 1.09 bits per heavy atom. The third kappa shape index (κ3) is 6.93. The first kappa shape index (κ1) is 32.3. The number of hydrogen-bond acceptors (Lipinski definition) is 9. The number of rotatable bonds is 12. The number of H-pyrrole nitrogens is 1. The number of carbonyl (C=O) groups is 5. The van der Waals surface area contributed by atoms with E-state index >= 15 is 0 Å². The molecule has 2 aliphatic heterocycles. The number of nitrogens with one attached hydrogen (secondary N) is 3. The van der Waals surface area contributed by atoms with E-state index in [4.69, 9.17) is 4.55 Å². The molecule has 2 aromatic heterocycles. The van der Waals surface area contributed by atoms with Crippen molar-refractivity contribution in [1.29, 1.82) is 0 Å². The van der Waals surface area contributed by atoms with Crippen LogP contribution in [0.4, 0.5) is 0 Å². The van der Waals surface area contributed by atoms with Crippen LogP contribution in [0.3, 0.4) is 0 Å². The number of thioether (sulfide) groups is 1. The second-order valence-electron chi connectivity index (χ2n) is 10.3. The Morgan fingerprint density at radius 2 is 1.78 bits per heavy atom. The van der Waals surface area contributed by atoms with Gasteiger partial charge in [0.1, 0.15) is 23.2 Å². The molecule has 1 saturated heterocycles. The summed E-state index contributed by atoms with van der Waals surface area (Å²) < 4.78 is 32.7. The molecule has 18 heteroatoms. The molecule has 3 amide bonds. The van der Waals surface area contributed by atoms with Crippen molar-refractivity contribution < 1.29 is 51.7 Å². The van der Waals surface area contributed by atoms with Crippen LogP contribution in [-0.2, 0) is 37.5 Å². The van der Waals surface area contributed by atoms with Gasteiger partial charge in [0, 0.05) is 23.5 Å². The van der Waals surface area contributed by atoms with Gasteiger partial charge in [-0.1, -0.05) is 30.3 Å². The number of aromatic amines is 1. The number of amides is 3. The van der Waals surface area contributed by atoms with Crippen LogP contribution < -0.4 is 15.2 Å². The van der Waals surface area contributed by atoms with Gasteiger partial charge in [0.05, 0.1) is 12.1 Å². The number of carboxylic acid groups (broad SMARTS) is 2. The van der Waals surface area contributed by atoms with Crippen molar-refractivity contribution in [3.8, 4) is 0 Å². The van der Waals surface area contributed by atoms with E-state index in [1.165, 1.54) is 11.8 Å². The average Bonchev–Trinajstić information content (AvgIpc) is 3.52. The number of aromatic nitrogens is 3. The Hall–Kier alpha value is -5.07. The summed E-state index contributed by atoms with van der Waals surface area (Å²) in [5.74, 6) is -5.35. The third-order valence-electron chi connectivity index (χ3n) is 7.27. The number of fused-ring (bicyclic) bond motifs is 1. The van der Waals surface area contributed by atoms with Gasteiger partial charge in [-0.05, 0) is 17.5 Å². The number of β-lactam (4-membered cyclic amide) rings is 1. The van der Waals surface area contributed by atoms with E-state index in [0.717, 1.165) is 11.2 Å². The van der Waals surface area contributed by atoms with E-state index in [9.17, 15) is 42.6 Å². The summed E-state index contributed by atoms with van der Waals surface area (Å²) in [6, 6.07) is 8.91. The maximum atomic E-state index is 13.5. The van der Waals surface area contributed by atoms with Crippen molar-refractivity contribution in [2.75, 3.05) is 11.5 Å². The van der Waals surface area contributed by atoms with Crippen LogP contribution in [0.2, 0.25) is 0 Å². The fraction of sp³-hybridized carbons (Fsp3) is 0.250. The van der Waals surface area contributed by atoms with Gasteiger partial charge in [-0.2, -0.15) is 8.42 Å². The second kappa shape index (κ2) is 13.1. The molecule has 46 heavy (non-hydrogen) atoms. The zero-order valence-corrected chi connectivity index (χ0v) is 25.3. The summed E-state index contributed by atoms with van der Waals surface area (Å²) >= 11 is 1.25. The summed E-state index contributed by atoms with van der Waals surface area (Å²) in [7, 11) is -4.12. The number of hydrogen-bond donors (Lipinski definition) is 6. The van der Waals surface area contributed by atoms with Gasteiger partial charge in [0.15, 0.2) is 30.3 Å². The van der Waals surface area contributed by atoms with Crippen LogP contribution in [0.1, 0.15) is 38.1 Å². The highest BCUT2D eigenvalue weighted by atomic mass is 32.2. The number of aromatic carboxylic acids is 1. The molecular weight excluding hydrogens is 644 g/mol. The van der Waals surface area contributed by atoms with Gasteiger partial charge >= 0.3 is 11.9 Å². The van der Waals surface area contributed by atoms with E-state index in [1.54, 1.807) is 59.4 Å². The van der Waals surface area contributed by atoms with Gasteiger partial charge in [-0.25, -0.2) is 19.1 Å². The normalized spacial score (nSPS) is 18.3. The van der Waals surface area contributed by atoms with Gasteiger partial charge in [0.2, 0.25) is 5.91 Å². The number of pyridine rings is 1. The number of carbonyl (C=O) groups excluding carboxylic acids is 3. The van der Waals surface area contributed by atoms with E-state index in [2.05, 4.69) is 20.6 Å². The standard InChI is InChI=1S/C28H26N6O10S2/c35-23(18(16-4-2-1-3-5-16)31-24(36)19-20(27(38)39)30-14-29-19)32-21-25(37)34-22(28(40)41)17(13-45-26(21)34)12-33-9-6-15(7-10-33)8-11-46(42,43)44/h1-7,9-10,14,18,21,26H,8,11-13H2,(H5-,29,30,31,32,35,36,38,39,40,41,42,43,44)/p+1/t18-,21+,26+/m0/s1. The molecule has 0 bridgehead atoms. The highest BCUT2D eigenvalue weighted by Gasteiger charge is 2.55. The lowest BCUT2D eigenvalue weighted by molar-refractivity contribution is -0.689. The van der Waals surface area contributed by atoms with Crippen LogP contribution in [0.5, 0.6) is 0 Å². The highest BCUT2D eigenvalue weighted by Crippen LogP contribution is 2.40. The van der Waals surface area contributed by atoms with Gasteiger partial charge in [-0.15, -0.1) is 11.8 Å². The summed E-state index contributed by atoms with van der Waals surface area (Å²) in [6.07, 6.45) is 4.38. The summed E-state index contributed by atoms with van der Waals surface area (Å²) in [5.41, 5.74) is 0.301. The number of nitrogens with zero attached hydrogens (tertiary/aromatic N) is 3. The average molecular weight is 672 g/mol. The molecule has 2 aliphatic rings. The first-order valence-corrected chi connectivity index (χ1v) is 16.3. The molecular formula is C28H27N6O10S2+. The minimum Gasteiger partial charge on any atom is -0.477 e. The van der Waals surface area contributed by atoms with E-state index in [1.807, 2.05) is 0 Å². The molecule has 3 aromatic rings. The summed E-state index contributed by atoms with van der Waals surface area (Å²) in [5, 5.41) is 23.7. The van der Waals surface area contributed by atoms with E-state index in [-0.39, 0.29) is 24.4 Å². The SMILES string of the molecule is O=C(O)C1=C(C[n+]2ccc(CCS(=O)(=O)O)cc2)CS[C@@H]2[C@H](NC(=O)[C@@H](NC(=O)c3nc[nH]c3C(=O)O)c3ccccc3)C(=O)N12. The summed E-state index contributed by atoms with van der Waals surface area (Å²) in [4.78, 5) is 70.7. The minimum atomic E-state index is -4.12. The van der Waals surface area contributed by atoms with Crippen molar-refractivity contribution in [3.05, 3.63) is 95.0 Å². The zero-order chi connectivity index (χ0) is 33.2. The minimum absolute atomic E-state index is 0.0941. The molecule has 6 N–H and O–H groups in total. The summed E-state index contributed by atoms with van der Waals surface area (Å²) in [6.45, 7) is 0.119. The molecule has 0 aliphatic carbocycles. The Labute approximate surface area is 265 Å². The van der Waals surface area contributed by atoms with Crippen molar-refractivity contribution >= 4 is 51.5 Å². The zero-order valence-electron chi connectivity index (χ0n) is 23.7. The van der Waals surface area contributed by atoms with Crippen molar-refractivity contribution in [2.45, 2.75) is 30.4 Å². The third-order valence-corrected chi connectivity index (χ3v) is 9.33. The van der Waals surface area contributed by atoms with Crippen LogP contribution in [0, 0.1) is 0 Å². The van der Waals surface area contributed by atoms with Crippen LogP contribution in [-0.4, -0.2) is 90.6 Å². The monoisotopic (exact) mass is 671 g/mol. The topological polar surface area (TPSA) is 240 Å². The Balaban J connectivity index is 1.31. The number of carboxylic acids is 2. The lowest BCUT2D eigenvalue weighted by Crippen LogP contribution is -2.71. The van der Waals surface area contributed by atoms with Crippen molar-refractivity contribution in [3.63, 3.8) is 0 Å². The molecule has 5 rings (SSSR count). The Kier molecular flexibility index (Phi) is 9.22. The van der Waals surface area contributed by atoms with Crippen molar-refractivity contribution in [2.24, 2.45) is 0 Å². The predicted molar refractivity (Wildman–Crippen MR) is 159 cm³/mol. The lowest BCUT2D eigenvalue weighted by atomic mass is 10.0. The van der Waals surface area contributed by atoms with Crippen LogP contribution in [0.15, 0.2) is 72.5 Å². The smallest absolute Gasteiger partial charge is 0.354 e. The van der Waals surface area contributed by atoms with E-state index in [0.29, 0.717) is 16.7 Å². The number of aliphatic carboxylic acids is 1. The lowest BCUT2D eigenvalue weighted by Gasteiger charge is -2.49. The Bertz CT molecular complexity index is 1840. The molecule has 0 radical (unpaired) electrons. The number of aryl methyl sites for hydroxylation is 1. The van der Waals surface area contributed by atoms with Crippen LogP contribution >= 0.6 is 11.8 Å². The molecule has 0 spiro atoms. The Morgan fingerprint density at radius 3 is 2.41 bits per heavy atom. The van der Waals surface area contributed by atoms with Gasteiger partial charge < -0.3 is 25.8 Å². The second-order valence-corrected chi connectivity index (χ2v) is 13.0. The fourth-order valence-corrected chi connectivity index (χ4v) is 6.87. The molecule has 16 nitrogen and oxygen atoms in total. The van der Waals surface area contributed by atoms with Crippen molar-refractivity contribution in [1.82, 2.24) is 25.5 Å². The first-order chi connectivity index (χ1) is 21.8. The molecule has 0 unspecified atom stereocenters. The van der Waals surface area contributed by atoms with Gasteiger partial charge in [-0.3, -0.25) is 23.8 Å². The molecule has 1 aromatic carbocycles. The molecule has 3 atom stereocenters. The van der Waals surface area contributed by atoms with Crippen LogP contribution in [0.25, 0.3) is 0 Å². The number of imidazole rings is 1. The van der Waals surface area contributed by atoms with Gasteiger partial charge in [0.25, 0.3) is 21.9 Å². The first-order valence-electron chi connectivity index (χ1n) is 13.6. The predicted octanol–water partition coefficient (Wildman–Crippen LogP) is -0.264. The maximum Gasteiger partial charge on any atom is 0.354 e. The highest BCUT2D eigenvalue weighted by molar-refractivity contribution is 8.00. The largest absolute Gasteiger partial charge is 0.477 e. The quantitative estimate of drug-likeness (QED) is 0.0829. The fourth-order valence-electron chi connectivity index (χ4n) is 5.04. The molecule has 1 fully saturated rings. The molecule has 0 saturated carbocycles. The number of benzene rings is 1.